The molecule has 0 radical (unpaired) electrons. The van der Waals surface area contributed by atoms with Crippen LogP contribution in [0.4, 0.5) is 0 Å². The molecule has 0 aliphatic carbocycles. The van der Waals surface area contributed by atoms with Crippen molar-refractivity contribution < 1.29 is 19.4 Å². The maximum Gasteiger partial charge on any atom is 0.258 e. The molecule has 2 aromatic carbocycles. The lowest BCUT2D eigenvalue weighted by Crippen LogP contribution is -2.37. The number of aryl methyl sites for hydroxylation is 2. The van der Waals surface area contributed by atoms with Crippen molar-refractivity contribution in [3.63, 3.8) is 0 Å². The molecule has 0 aliphatic rings. The minimum absolute atomic E-state index is 0.0889. The molecule has 0 saturated carbocycles. The summed E-state index contributed by atoms with van der Waals surface area (Å²) in [6, 6.07) is 15.0. The first-order valence-corrected chi connectivity index (χ1v) is 7.87. The van der Waals surface area contributed by atoms with E-state index in [0.717, 1.165) is 16.9 Å². The maximum absolute atomic E-state index is 11.7. The van der Waals surface area contributed by atoms with Crippen molar-refractivity contribution in [2.75, 3.05) is 19.8 Å². The molecule has 2 rings (SSSR count). The van der Waals surface area contributed by atoms with Gasteiger partial charge in [0.05, 0.1) is 0 Å². The normalized spacial score (nSPS) is 11.6. The fraction of sp³-hybridized carbons (Fsp3) is 0.316. The lowest BCUT2D eigenvalue weighted by atomic mass is 10.2. The average Bonchev–Trinajstić information content (AvgIpc) is 2.58. The van der Waals surface area contributed by atoms with E-state index in [4.69, 9.17) is 9.47 Å². The molecular weight excluding hydrogens is 306 g/mol. The SMILES string of the molecule is Cc1ccc(OCC(=O)NCC(O)COc2ccccc2C)cc1. The Morgan fingerprint density at radius 3 is 2.50 bits per heavy atom. The summed E-state index contributed by atoms with van der Waals surface area (Å²) in [6.45, 7) is 4.06. The molecule has 0 aromatic heterocycles. The van der Waals surface area contributed by atoms with Gasteiger partial charge in [-0.2, -0.15) is 0 Å². The van der Waals surface area contributed by atoms with Crippen molar-refractivity contribution in [3.8, 4) is 11.5 Å². The molecule has 0 bridgehead atoms. The van der Waals surface area contributed by atoms with Crippen LogP contribution in [0.2, 0.25) is 0 Å². The summed E-state index contributed by atoms with van der Waals surface area (Å²) >= 11 is 0. The summed E-state index contributed by atoms with van der Waals surface area (Å²) in [5, 5.41) is 12.5. The average molecular weight is 329 g/mol. The number of hydrogen-bond acceptors (Lipinski definition) is 4. The summed E-state index contributed by atoms with van der Waals surface area (Å²) in [4.78, 5) is 11.7. The van der Waals surface area contributed by atoms with E-state index in [2.05, 4.69) is 5.32 Å². The van der Waals surface area contributed by atoms with Crippen LogP contribution >= 0.6 is 0 Å². The molecule has 5 nitrogen and oxygen atoms in total. The Hall–Kier alpha value is -2.53. The predicted molar refractivity (Wildman–Crippen MR) is 92.4 cm³/mol. The minimum atomic E-state index is -0.784. The van der Waals surface area contributed by atoms with Crippen LogP contribution in [-0.2, 0) is 4.79 Å². The van der Waals surface area contributed by atoms with Gasteiger partial charge >= 0.3 is 0 Å². The highest BCUT2D eigenvalue weighted by Crippen LogP contribution is 2.16. The van der Waals surface area contributed by atoms with Gasteiger partial charge in [-0.1, -0.05) is 35.9 Å². The first-order chi connectivity index (χ1) is 11.5. The van der Waals surface area contributed by atoms with Crippen LogP contribution < -0.4 is 14.8 Å². The predicted octanol–water partition coefficient (Wildman–Crippen LogP) is 2.24. The highest BCUT2D eigenvalue weighted by Gasteiger charge is 2.09. The van der Waals surface area contributed by atoms with E-state index in [1.165, 1.54) is 0 Å². The minimum Gasteiger partial charge on any atom is -0.491 e. The summed E-state index contributed by atoms with van der Waals surface area (Å²) in [7, 11) is 0. The van der Waals surface area contributed by atoms with Crippen LogP contribution in [0.25, 0.3) is 0 Å². The summed E-state index contributed by atoms with van der Waals surface area (Å²) in [5.41, 5.74) is 2.13. The van der Waals surface area contributed by atoms with Crippen molar-refractivity contribution >= 4 is 5.91 Å². The van der Waals surface area contributed by atoms with Gasteiger partial charge in [-0.3, -0.25) is 4.79 Å². The Bertz CT molecular complexity index is 655. The molecule has 0 saturated heterocycles. The number of para-hydroxylation sites is 1. The summed E-state index contributed by atoms with van der Waals surface area (Å²) in [6.07, 6.45) is -0.784. The zero-order valence-electron chi connectivity index (χ0n) is 14.0. The fourth-order valence-electron chi connectivity index (χ4n) is 2.03. The van der Waals surface area contributed by atoms with E-state index < -0.39 is 6.10 Å². The van der Waals surface area contributed by atoms with Crippen LogP contribution in [0.1, 0.15) is 11.1 Å². The zero-order chi connectivity index (χ0) is 17.4. The van der Waals surface area contributed by atoms with E-state index in [1.807, 2.05) is 62.4 Å². The summed E-state index contributed by atoms with van der Waals surface area (Å²) < 4.78 is 10.9. The van der Waals surface area contributed by atoms with Gasteiger partial charge in [0.2, 0.25) is 0 Å². The zero-order valence-corrected chi connectivity index (χ0v) is 14.0. The Kier molecular flexibility index (Phi) is 6.63. The second-order valence-corrected chi connectivity index (χ2v) is 5.64. The number of amides is 1. The molecule has 2 N–H and O–H groups in total. The highest BCUT2D eigenvalue weighted by molar-refractivity contribution is 5.77. The first kappa shape index (κ1) is 17.8. The molecule has 0 fully saturated rings. The number of aliphatic hydroxyl groups excluding tert-OH is 1. The van der Waals surface area contributed by atoms with E-state index in [0.29, 0.717) is 5.75 Å². The van der Waals surface area contributed by atoms with Crippen LogP contribution in [0.3, 0.4) is 0 Å². The largest absolute Gasteiger partial charge is 0.491 e. The number of carbonyl (C=O) groups excluding carboxylic acids is 1. The second kappa shape index (κ2) is 8.93. The van der Waals surface area contributed by atoms with Gasteiger partial charge in [0.25, 0.3) is 5.91 Å². The molecule has 24 heavy (non-hydrogen) atoms. The van der Waals surface area contributed by atoms with Crippen molar-refractivity contribution in [1.82, 2.24) is 5.32 Å². The third-order valence-electron chi connectivity index (χ3n) is 3.45. The Morgan fingerprint density at radius 2 is 1.79 bits per heavy atom. The molecule has 1 amide bonds. The fourth-order valence-corrected chi connectivity index (χ4v) is 2.03. The van der Waals surface area contributed by atoms with Crippen molar-refractivity contribution in [2.24, 2.45) is 0 Å². The third kappa shape index (κ3) is 5.93. The van der Waals surface area contributed by atoms with Crippen LogP contribution in [0.15, 0.2) is 48.5 Å². The Morgan fingerprint density at radius 1 is 1.08 bits per heavy atom. The van der Waals surface area contributed by atoms with Gasteiger partial charge in [-0.05, 0) is 37.6 Å². The molecule has 0 heterocycles. The molecular formula is C19H23NO4. The van der Waals surface area contributed by atoms with Crippen molar-refractivity contribution in [2.45, 2.75) is 20.0 Å². The van der Waals surface area contributed by atoms with Crippen molar-refractivity contribution in [1.29, 1.82) is 0 Å². The molecule has 1 unspecified atom stereocenters. The lowest BCUT2D eigenvalue weighted by Gasteiger charge is -2.14. The smallest absolute Gasteiger partial charge is 0.258 e. The standard InChI is InChI=1S/C19H23NO4/c1-14-7-9-17(10-8-14)23-13-19(22)20-11-16(21)12-24-18-6-4-3-5-15(18)2/h3-10,16,21H,11-13H2,1-2H3,(H,20,22). The second-order valence-electron chi connectivity index (χ2n) is 5.64. The van der Waals surface area contributed by atoms with Gasteiger partial charge in [-0.25, -0.2) is 0 Å². The van der Waals surface area contributed by atoms with E-state index in [1.54, 1.807) is 0 Å². The number of nitrogens with one attached hydrogen (secondary N) is 1. The molecule has 128 valence electrons. The molecule has 0 spiro atoms. The van der Waals surface area contributed by atoms with Crippen LogP contribution in [0.5, 0.6) is 11.5 Å². The third-order valence-corrected chi connectivity index (χ3v) is 3.45. The lowest BCUT2D eigenvalue weighted by molar-refractivity contribution is -0.123. The van der Waals surface area contributed by atoms with Gasteiger partial charge in [0, 0.05) is 6.54 Å². The van der Waals surface area contributed by atoms with Gasteiger partial charge < -0.3 is 19.9 Å². The van der Waals surface area contributed by atoms with Gasteiger partial charge in [-0.15, -0.1) is 0 Å². The summed E-state index contributed by atoms with van der Waals surface area (Å²) in [5.74, 6) is 1.08. The number of rotatable bonds is 8. The monoisotopic (exact) mass is 329 g/mol. The number of hydrogen-bond donors (Lipinski definition) is 2. The number of aliphatic hydroxyl groups is 1. The molecule has 1 atom stereocenters. The topological polar surface area (TPSA) is 67.8 Å². The number of carbonyl (C=O) groups is 1. The molecule has 5 heteroatoms. The number of ether oxygens (including phenoxy) is 2. The quantitative estimate of drug-likeness (QED) is 0.779. The van der Waals surface area contributed by atoms with Gasteiger partial charge in [0.1, 0.15) is 24.2 Å². The Labute approximate surface area is 142 Å². The van der Waals surface area contributed by atoms with E-state index >= 15 is 0 Å². The highest BCUT2D eigenvalue weighted by atomic mass is 16.5. The van der Waals surface area contributed by atoms with Gasteiger partial charge in [0.15, 0.2) is 6.61 Å². The number of benzene rings is 2. The van der Waals surface area contributed by atoms with E-state index in [9.17, 15) is 9.90 Å². The maximum atomic E-state index is 11.7. The van der Waals surface area contributed by atoms with Crippen molar-refractivity contribution in [3.05, 3.63) is 59.7 Å². The molecule has 2 aromatic rings. The Balaban J connectivity index is 1.65. The van der Waals surface area contributed by atoms with Crippen LogP contribution in [-0.4, -0.2) is 36.9 Å². The van der Waals surface area contributed by atoms with E-state index in [-0.39, 0.29) is 25.7 Å². The van der Waals surface area contributed by atoms with Crippen LogP contribution in [0, 0.1) is 13.8 Å². The first-order valence-electron chi connectivity index (χ1n) is 7.87. The molecule has 0 aliphatic heterocycles.